The Labute approximate surface area is 128 Å². The van der Waals surface area contributed by atoms with Gasteiger partial charge in [-0.05, 0) is 18.1 Å². The summed E-state index contributed by atoms with van der Waals surface area (Å²) in [6.07, 6.45) is 0.554. The first-order chi connectivity index (χ1) is 9.56. The summed E-state index contributed by atoms with van der Waals surface area (Å²) in [5, 5.41) is 6.28. The average molecular weight is 341 g/mol. The smallest absolute Gasteiger partial charge is 0.220 e. The molecule has 110 valence electrons. The molecule has 0 bridgehead atoms. The molecule has 5 heteroatoms. The first-order valence-electron chi connectivity index (χ1n) is 6.97. The number of ether oxygens (including phenoxy) is 1. The van der Waals surface area contributed by atoms with Crippen molar-refractivity contribution in [2.45, 2.75) is 33.4 Å². The number of rotatable bonds is 4. The maximum Gasteiger partial charge on any atom is 0.220 e. The van der Waals surface area contributed by atoms with Gasteiger partial charge in [-0.3, -0.25) is 4.79 Å². The molecule has 1 aromatic carbocycles. The molecule has 4 nitrogen and oxygen atoms in total. The van der Waals surface area contributed by atoms with Crippen LogP contribution < -0.4 is 15.4 Å². The minimum Gasteiger partial charge on any atom is -0.492 e. The van der Waals surface area contributed by atoms with Crippen molar-refractivity contribution in [2.75, 3.05) is 13.2 Å². The van der Waals surface area contributed by atoms with Crippen molar-refractivity contribution in [1.29, 1.82) is 0 Å². The monoisotopic (exact) mass is 340 g/mol. The molecule has 0 saturated carbocycles. The zero-order valence-corrected chi connectivity index (χ0v) is 13.5. The number of nitrogens with one attached hydrogen (secondary N) is 2. The predicted molar refractivity (Wildman–Crippen MR) is 82.6 cm³/mol. The van der Waals surface area contributed by atoms with Crippen molar-refractivity contribution in [3.63, 3.8) is 0 Å². The second-order valence-corrected chi connectivity index (χ2v) is 6.37. The van der Waals surface area contributed by atoms with Gasteiger partial charge in [-0.2, -0.15) is 0 Å². The van der Waals surface area contributed by atoms with Gasteiger partial charge in [-0.15, -0.1) is 0 Å². The molecular weight excluding hydrogens is 320 g/mol. The van der Waals surface area contributed by atoms with Gasteiger partial charge < -0.3 is 15.4 Å². The second-order valence-electron chi connectivity index (χ2n) is 5.45. The van der Waals surface area contributed by atoms with Crippen LogP contribution in [0.4, 0.5) is 0 Å². The Bertz CT molecular complexity index is 489. The Morgan fingerprint density at radius 3 is 3.05 bits per heavy atom. The first kappa shape index (κ1) is 15.3. The largest absolute Gasteiger partial charge is 0.492 e. The van der Waals surface area contributed by atoms with E-state index in [1.54, 1.807) is 0 Å². The van der Waals surface area contributed by atoms with Crippen LogP contribution in [0, 0.1) is 5.92 Å². The van der Waals surface area contributed by atoms with E-state index in [1.807, 2.05) is 19.9 Å². The highest BCUT2D eigenvalue weighted by molar-refractivity contribution is 9.10. The third-order valence-electron chi connectivity index (χ3n) is 3.12. The lowest BCUT2D eigenvalue weighted by molar-refractivity contribution is -0.121. The summed E-state index contributed by atoms with van der Waals surface area (Å²) >= 11 is 3.52. The van der Waals surface area contributed by atoms with Gasteiger partial charge in [0.1, 0.15) is 12.4 Å². The zero-order chi connectivity index (χ0) is 14.5. The van der Waals surface area contributed by atoms with Crippen molar-refractivity contribution >= 4 is 21.8 Å². The Hall–Kier alpha value is -1.07. The summed E-state index contributed by atoms with van der Waals surface area (Å²) in [4.78, 5) is 11.8. The van der Waals surface area contributed by atoms with E-state index in [2.05, 4.69) is 32.6 Å². The van der Waals surface area contributed by atoms with Gasteiger partial charge in [-0.25, -0.2) is 0 Å². The summed E-state index contributed by atoms with van der Waals surface area (Å²) in [7, 11) is 0. The quantitative estimate of drug-likeness (QED) is 0.885. The van der Waals surface area contributed by atoms with E-state index >= 15 is 0 Å². The predicted octanol–water partition coefficient (Wildman–Crippen LogP) is 2.59. The van der Waals surface area contributed by atoms with Crippen LogP contribution in [0.25, 0.3) is 0 Å². The summed E-state index contributed by atoms with van der Waals surface area (Å²) in [5.74, 6) is 1.36. The number of benzene rings is 1. The number of halogens is 1. The van der Waals surface area contributed by atoms with Crippen LogP contribution in [0.1, 0.15) is 31.4 Å². The minimum absolute atomic E-state index is 0.0838. The Morgan fingerprint density at radius 2 is 2.30 bits per heavy atom. The van der Waals surface area contributed by atoms with E-state index in [-0.39, 0.29) is 5.91 Å². The Balaban J connectivity index is 2.11. The summed E-state index contributed by atoms with van der Waals surface area (Å²) in [6.45, 7) is 6.88. The minimum atomic E-state index is 0.0838. The molecule has 0 radical (unpaired) electrons. The number of hydrogen-bond acceptors (Lipinski definition) is 3. The van der Waals surface area contributed by atoms with Crippen molar-refractivity contribution in [3.05, 3.63) is 27.7 Å². The molecule has 1 aromatic rings. The number of fused-ring (bicyclic) bond motifs is 1. The lowest BCUT2D eigenvalue weighted by Gasteiger charge is -2.14. The van der Waals surface area contributed by atoms with Crippen LogP contribution in [0.2, 0.25) is 0 Å². The van der Waals surface area contributed by atoms with Crippen molar-refractivity contribution in [1.82, 2.24) is 10.6 Å². The van der Waals surface area contributed by atoms with E-state index in [0.717, 1.165) is 34.4 Å². The normalized spacial score (nSPS) is 14.4. The molecular formula is C15H21BrN2O2. The molecule has 1 aliphatic rings. The molecule has 1 amide bonds. The molecule has 0 saturated heterocycles. The maximum absolute atomic E-state index is 11.8. The van der Waals surface area contributed by atoms with Crippen LogP contribution in [-0.2, 0) is 17.9 Å². The fraction of sp³-hybridized carbons (Fsp3) is 0.533. The molecule has 0 unspecified atom stereocenters. The van der Waals surface area contributed by atoms with Crippen LogP contribution in [0.15, 0.2) is 16.6 Å². The van der Waals surface area contributed by atoms with Gasteiger partial charge in [0.2, 0.25) is 5.91 Å². The topological polar surface area (TPSA) is 50.4 Å². The summed E-state index contributed by atoms with van der Waals surface area (Å²) in [6, 6.07) is 4.08. The maximum atomic E-state index is 11.8. The van der Waals surface area contributed by atoms with Crippen molar-refractivity contribution in [2.24, 2.45) is 5.92 Å². The Kier molecular flexibility index (Phi) is 5.43. The fourth-order valence-electron chi connectivity index (χ4n) is 2.24. The highest BCUT2D eigenvalue weighted by Gasteiger charge is 2.15. The van der Waals surface area contributed by atoms with Gasteiger partial charge in [0.15, 0.2) is 0 Å². The van der Waals surface area contributed by atoms with E-state index in [1.165, 1.54) is 0 Å². The molecule has 2 N–H and O–H groups in total. The molecule has 2 rings (SSSR count). The van der Waals surface area contributed by atoms with E-state index in [9.17, 15) is 4.79 Å². The van der Waals surface area contributed by atoms with Gasteiger partial charge in [-0.1, -0.05) is 29.8 Å². The molecule has 0 fully saturated rings. The highest BCUT2D eigenvalue weighted by atomic mass is 79.9. The van der Waals surface area contributed by atoms with Crippen LogP contribution in [-0.4, -0.2) is 19.1 Å². The number of amides is 1. The first-order valence-corrected chi connectivity index (χ1v) is 7.77. The summed E-state index contributed by atoms with van der Waals surface area (Å²) < 4.78 is 6.82. The molecule has 0 aliphatic carbocycles. The number of hydrogen-bond donors (Lipinski definition) is 2. The molecule has 0 aromatic heterocycles. The Morgan fingerprint density at radius 1 is 1.50 bits per heavy atom. The molecule has 1 heterocycles. The van der Waals surface area contributed by atoms with Gasteiger partial charge >= 0.3 is 0 Å². The molecule has 0 atom stereocenters. The van der Waals surface area contributed by atoms with Crippen LogP contribution in [0.3, 0.4) is 0 Å². The number of carbonyl (C=O) groups excluding carboxylic acids is 1. The SMILES string of the molecule is CC(C)CC(=O)NCc1cc(Br)cc2c1OCCNC2. The van der Waals surface area contributed by atoms with Gasteiger partial charge in [0.25, 0.3) is 0 Å². The zero-order valence-electron chi connectivity index (χ0n) is 12.0. The highest BCUT2D eigenvalue weighted by Crippen LogP contribution is 2.29. The van der Waals surface area contributed by atoms with E-state index in [4.69, 9.17) is 4.74 Å². The standard InChI is InChI=1S/C15H21BrN2O2/c1-10(2)5-14(19)18-9-12-7-13(16)6-11-8-17-3-4-20-15(11)12/h6-7,10,17H,3-5,8-9H2,1-2H3,(H,18,19). The van der Waals surface area contributed by atoms with E-state index < -0.39 is 0 Å². The lowest BCUT2D eigenvalue weighted by Crippen LogP contribution is -2.24. The lowest BCUT2D eigenvalue weighted by atomic mass is 10.1. The number of carbonyl (C=O) groups is 1. The second kappa shape index (κ2) is 7.09. The van der Waals surface area contributed by atoms with Crippen LogP contribution >= 0.6 is 15.9 Å². The molecule has 0 spiro atoms. The molecule has 20 heavy (non-hydrogen) atoms. The van der Waals surface area contributed by atoms with E-state index in [0.29, 0.717) is 25.5 Å². The third-order valence-corrected chi connectivity index (χ3v) is 3.58. The van der Waals surface area contributed by atoms with Crippen molar-refractivity contribution < 1.29 is 9.53 Å². The van der Waals surface area contributed by atoms with Gasteiger partial charge in [0, 0.05) is 41.7 Å². The van der Waals surface area contributed by atoms with Crippen LogP contribution in [0.5, 0.6) is 5.75 Å². The average Bonchev–Trinajstić information content (AvgIpc) is 2.60. The van der Waals surface area contributed by atoms with Crippen molar-refractivity contribution in [3.8, 4) is 5.75 Å². The third kappa shape index (κ3) is 4.21. The molecule has 1 aliphatic heterocycles. The summed E-state index contributed by atoms with van der Waals surface area (Å²) in [5.41, 5.74) is 2.15. The fourth-order valence-corrected chi connectivity index (χ4v) is 2.80. The van der Waals surface area contributed by atoms with Gasteiger partial charge in [0.05, 0.1) is 0 Å².